The van der Waals surface area contributed by atoms with Crippen LogP contribution in [0.1, 0.15) is 39.8 Å². The standard InChI is InChI=1S/C16H21N3O3S2/c1-11-15(8-18(3)16(20)13-4-6-23-9-13)12(2)19(17-11)14-5-7-24(21,22)10-14/h4,6,9,14H,5,7-8,10H2,1-3H3/t14-/m0/s1. The lowest BCUT2D eigenvalue weighted by Gasteiger charge is -2.17. The first-order valence-corrected chi connectivity index (χ1v) is 10.6. The molecule has 130 valence electrons. The van der Waals surface area contributed by atoms with Gasteiger partial charge in [0.2, 0.25) is 0 Å². The zero-order valence-corrected chi connectivity index (χ0v) is 15.7. The molecule has 24 heavy (non-hydrogen) atoms. The van der Waals surface area contributed by atoms with Gasteiger partial charge in [0, 0.05) is 30.2 Å². The summed E-state index contributed by atoms with van der Waals surface area (Å²) >= 11 is 1.50. The highest BCUT2D eigenvalue weighted by Crippen LogP contribution is 2.27. The molecule has 1 saturated heterocycles. The number of thiophene rings is 1. The number of nitrogens with zero attached hydrogens (tertiary/aromatic N) is 3. The van der Waals surface area contributed by atoms with Gasteiger partial charge in [0.25, 0.3) is 5.91 Å². The van der Waals surface area contributed by atoms with Gasteiger partial charge < -0.3 is 4.90 Å². The number of hydrogen-bond donors (Lipinski definition) is 0. The minimum atomic E-state index is -2.95. The van der Waals surface area contributed by atoms with Crippen LogP contribution in [0.5, 0.6) is 0 Å². The molecule has 1 aliphatic rings. The second-order valence-electron chi connectivity index (χ2n) is 6.32. The Morgan fingerprint density at radius 3 is 2.79 bits per heavy atom. The van der Waals surface area contributed by atoms with Crippen LogP contribution in [-0.2, 0) is 16.4 Å². The summed E-state index contributed by atoms with van der Waals surface area (Å²) in [6, 6.07) is 1.72. The van der Waals surface area contributed by atoms with Gasteiger partial charge in [0.1, 0.15) is 0 Å². The van der Waals surface area contributed by atoms with Gasteiger partial charge in [-0.15, -0.1) is 0 Å². The molecular formula is C16H21N3O3S2. The number of carbonyl (C=O) groups excluding carboxylic acids is 1. The predicted molar refractivity (Wildman–Crippen MR) is 94.1 cm³/mol. The number of aryl methyl sites for hydroxylation is 1. The smallest absolute Gasteiger partial charge is 0.254 e. The Labute approximate surface area is 146 Å². The molecule has 1 atom stereocenters. The van der Waals surface area contributed by atoms with E-state index in [1.54, 1.807) is 11.9 Å². The fourth-order valence-corrected chi connectivity index (χ4v) is 5.49. The number of aromatic nitrogens is 2. The van der Waals surface area contributed by atoms with Gasteiger partial charge in [-0.3, -0.25) is 9.48 Å². The Bertz CT molecular complexity index is 854. The van der Waals surface area contributed by atoms with Crippen LogP contribution in [0.15, 0.2) is 16.8 Å². The van der Waals surface area contributed by atoms with E-state index in [1.165, 1.54) is 11.3 Å². The molecule has 0 saturated carbocycles. The molecule has 0 aliphatic carbocycles. The molecule has 6 nitrogen and oxygen atoms in total. The van der Waals surface area contributed by atoms with Crippen molar-refractivity contribution < 1.29 is 13.2 Å². The van der Waals surface area contributed by atoms with Gasteiger partial charge in [0.05, 0.1) is 28.8 Å². The van der Waals surface area contributed by atoms with Crippen molar-refractivity contribution in [1.82, 2.24) is 14.7 Å². The molecule has 1 aliphatic heterocycles. The molecule has 0 unspecified atom stereocenters. The van der Waals surface area contributed by atoms with Crippen LogP contribution in [0, 0.1) is 13.8 Å². The monoisotopic (exact) mass is 367 g/mol. The molecule has 0 bridgehead atoms. The Morgan fingerprint density at radius 2 is 2.21 bits per heavy atom. The lowest BCUT2D eigenvalue weighted by molar-refractivity contribution is 0.0785. The number of sulfone groups is 1. The maximum Gasteiger partial charge on any atom is 0.254 e. The molecule has 1 amide bonds. The van der Waals surface area contributed by atoms with Gasteiger partial charge in [-0.25, -0.2) is 8.42 Å². The molecule has 8 heteroatoms. The topological polar surface area (TPSA) is 72.3 Å². The lowest BCUT2D eigenvalue weighted by atomic mass is 10.1. The van der Waals surface area contributed by atoms with Crippen molar-refractivity contribution in [3.05, 3.63) is 39.3 Å². The quantitative estimate of drug-likeness (QED) is 0.830. The van der Waals surface area contributed by atoms with Gasteiger partial charge in [0.15, 0.2) is 9.84 Å². The second kappa shape index (κ2) is 6.33. The van der Waals surface area contributed by atoms with Crippen molar-refractivity contribution in [2.75, 3.05) is 18.6 Å². The van der Waals surface area contributed by atoms with E-state index in [4.69, 9.17) is 0 Å². The highest BCUT2D eigenvalue weighted by molar-refractivity contribution is 7.91. The first-order valence-electron chi connectivity index (χ1n) is 7.81. The highest BCUT2D eigenvalue weighted by atomic mass is 32.2. The largest absolute Gasteiger partial charge is 0.337 e. The van der Waals surface area contributed by atoms with E-state index in [0.717, 1.165) is 17.0 Å². The lowest BCUT2D eigenvalue weighted by Crippen LogP contribution is -2.26. The molecule has 3 rings (SSSR count). The van der Waals surface area contributed by atoms with Crippen LogP contribution in [0.2, 0.25) is 0 Å². The number of hydrogen-bond acceptors (Lipinski definition) is 5. The highest BCUT2D eigenvalue weighted by Gasteiger charge is 2.31. The fraction of sp³-hybridized carbons (Fsp3) is 0.500. The summed E-state index contributed by atoms with van der Waals surface area (Å²) in [5.74, 6) is 0.353. The van der Waals surface area contributed by atoms with E-state index in [1.807, 2.05) is 35.4 Å². The Morgan fingerprint density at radius 1 is 1.46 bits per heavy atom. The summed E-state index contributed by atoms with van der Waals surface area (Å²) in [5.41, 5.74) is 3.47. The first-order chi connectivity index (χ1) is 11.3. The zero-order valence-electron chi connectivity index (χ0n) is 14.0. The van der Waals surface area contributed by atoms with Crippen LogP contribution in [0.4, 0.5) is 0 Å². The van der Waals surface area contributed by atoms with Gasteiger partial charge >= 0.3 is 0 Å². The number of rotatable bonds is 4. The van der Waals surface area contributed by atoms with Crippen LogP contribution in [0.25, 0.3) is 0 Å². The van der Waals surface area contributed by atoms with Crippen molar-refractivity contribution in [3.8, 4) is 0 Å². The molecule has 0 spiro atoms. The Kier molecular flexibility index (Phi) is 4.52. The van der Waals surface area contributed by atoms with Crippen molar-refractivity contribution in [1.29, 1.82) is 0 Å². The third-order valence-electron chi connectivity index (χ3n) is 4.54. The van der Waals surface area contributed by atoms with Gasteiger partial charge in [-0.2, -0.15) is 16.4 Å². The molecule has 2 aromatic rings. The molecule has 0 N–H and O–H groups in total. The average molecular weight is 367 g/mol. The number of amides is 1. The Hall–Kier alpha value is -1.67. The number of carbonyl (C=O) groups is 1. The molecule has 1 fully saturated rings. The predicted octanol–water partition coefficient (Wildman–Crippen LogP) is 2.19. The van der Waals surface area contributed by atoms with E-state index in [9.17, 15) is 13.2 Å². The van der Waals surface area contributed by atoms with Crippen LogP contribution >= 0.6 is 11.3 Å². The maximum absolute atomic E-state index is 12.4. The molecular weight excluding hydrogens is 346 g/mol. The second-order valence-corrected chi connectivity index (χ2v) is 9.33. The van der Waals surface area contributed by atoms with E-state index in [0.29, 0.717) is 18.5 Å². The molecule has 2 aromatic heterocycles. The normalized spacial score (nSPS) is 19.5. The van der Waals surface area contributed by atoms with Crippen LogP contribution in [-0.4, -0.2) is 47.6 Å². The summed E-state index contributed by atoms with van der Waals surface area (Å²) in [6.45, 7) is 4.32. The summed E-state index contributed by atoms with van der Waals surface area (Å²) in [5, 5.41) is 8.27. The summed E-state index contributed by atoms with van der Waals surface area (Å²) in [7, 11) is -1.18. The summed E-state index contributed by atoms with van der Waals surface area (Å²) < 4.78 is 25.3. The Balaban J connectivity index is 1.81. The van der Waals surface area contributed by atoms with Crippen molar-refractivity contribution in [2.45, 2.75) is 32.9 Å². The van der Waals surface area contributed by atoms with E-state index in [-0.39, 0.29) is 23.5 Å². The third kappa shape index (κ3) is 3.25. The van der Waals surface area contributed by atoms with Crippen LogP contribution < -0.4 is 0 Å². The van der Waals surface area contributed by atoms with Crippen molar-refractivity contribution in [3.63, 3.8) is 0 Å². The van der Waals surface area contributed by atoms with Gasteiger partial charge in [-0.05, 0) is 31.7 Å². The maximum atomic E-state index is 12.4. The zero-order chi connectivity index (χ0) is 17.5. The van der Waals surface area contributed by atoms with E-state index < -0.39 is 9.84 Å². The fourth-order valence-electron chi connectivity index (χ4n) is 3.17. The first kappa shape index (κ1) is 17.2. The van der Waals surface area contributed by atoms with Crippen LogP contribution in [0.3, 0.4) is 0 Å². The third-order valence-corrected chi connectivity index (χ3v) is 6.97. The van der Waals surface area contributed by atoms with Crippen molar-refractivity contribution in [2.24, 2.45) is 0 Å². The van der Waals surface area contributed by atoms with Crippen molar-refractivity contribution >= 4 is 27.1 Å². The van der Waals surface area contributed by atoms with E-state index in [2.05, 4.69) is 5.10 Å². The molecule has 0 radical (unpaired) electrons. The summed E-state index contributed by atoms with van der Waals surface area (Å²) in [4.78, 5) is 14.1. The van der Waals surface area contributed by atoms with Gasteiger partial charge in [-0.1, -0.05) is 0 Å². The minimum absolute atomic E-state index is 0.0220. The summed E-state index contributed by atoms with van der Waals surface area (Å²) in [6.07, 6.45) is 0.605. The molecule has 0 aromatic carbocycles. The molecule has 3 heterocycles. The minimum Gasteiger partial charge on any atom is -0.337 e. The van der Waals surface area contributed by atoms with E-state index >= 15 is 0 Å². The SMILES string of the molecule is Cc1nn([C@H]2CCS(=O)(=O)C2)c(C)c1CN(C)C(=O)c1ccsc1. The average Bonchev–Trinajstić information content (AvgIpc) is 3.22.